The molecule has 1 saturated carbocycles. The Morgan fingerprint density at radius 3 is 1.53 bits per heavy atom. The van der Waals surface area contributed by atoms with E-state index in [1.165, 1.54) is 55.0 Å². The predicted octanol–water partition coefficient (Wildman–Crippen LogP) is 3.10. The molecule has 6 N–H and O–H groups in total. The van der Waals surface area contributed by atoms with Gasteiger partial charge in [-0.15, -0.1) is 0 Å². The third kappa shape index (κ3) is 8.97. The minimum atomic E-state index is -2.21. The third-order valence-corrected chi connectivity index (χ3v) is 6.22. The molecule has 206 valence electrons. The van der Waals surface area contributed by atoms with Crippen LogP contribution in [0.2, 0.25) is 0 Å². The molecule has 2 aromatic rings. The second-order valence-corrected chi connectivity index (χ2v) is 10.6. The number of hydrogen-bond donors (Lipinski definition) is 4. The van der Waals surface area contributed by atoms with Gasteiger partial charge < -0.3 is 31.2 Å². The van der Waals surface area contributed by atoms with Gasteiger partial charge in [0.05, 0.1) is 11.1 Å². The summed E-state index contributed by atoms with van der Waals surface area (Å²) in [5.74, 6) is -5.63. The standard InChI is InChI=1S/C18H14O8.C10H22N2/c19-15(20)13(25-17(23)11-7-3-1-4-8-11)14(16(21)22)26-18(24)12-9-5-2-6-10-12;1-9(2)4-8(12)5-10(3,6-9)7-11/h1-10,13-14H,(H,19,20)(H,21,22);8H,4-7,11-12H2,1-3H3. The molecule has 0 heterocycles. The summed E-state index contributed by atoms with van der Waals surface area (Å²) >= 11 is 0. The van der Waals surface area contributed by atoms with E-state index in [4.69, 9.17) is 20.9 Å². The summed E-state index contributed by atoms with van der Waals surface area (Å²) in [5, 5.41) is 18.5. The number of benzene rings is 2. The van der Waals surface area contributed by atoms with Crippen molar-refractivity contribution in [3.05, 3.63) is 71.8 Å². The van der Waals surface area contributed by atoms with Gasteiger partial charge in [0.15, 0.2) is 0 Å². The van der Waals surface area contributed by atoms with Crippen molar-refractivity contribution in [1.29, 1.82) is 0 Å². The normalized spacial score (nSPS) is 21.6. The first-order chi connectivity index (χ1) is 17.8. The van der Waals surface area contributed by atoms with Crippen LogP contribution in [-0.4, -0.2) is 58.9 Å². The molecule has 4 unspecified atom stereocenters. The van der Waals surface area contributed by atoms with Crippen LogP contribution in [0.4, 0.5) is 0 Å². The number of carbonyl (C=O) groups excluding carboxylic acids is 2. The molecule has 1 aliphatic rings. The molecular formula is C28H36N2O8. The Balaban J connectivity index is 0.000000352. The summed E-state index contributed by atoms with van der Waals surface area (Å²) in [7, 11) is 0. The fourth-order valence-corrected chi connectivity index (χ4v) is 4.87. The zero-order valence-electron chi connectivity index (χ0n) is 21.8. The van der Waals surface area contributed by atoms with E-state index in [-0.39, 0.29) is 16.5 Å². The summed E-state index contributed by atoms with van der Waals surface area (Å²) in [6.07, 6.45) is -0.986. The molecule has 0 aromatic heterocycles. The molecule has 10 heteroatoms. The van der Waals surface area contributed by atoms with Gasteiger partial charge in [0.1, 0.15) is 0 Å². The number of esters is 2. The summed E-state index contributed by atoms with van der Waals surface area (Å²) < 4.78 is 9.52. The molecule has 4 atom stereocenters. The summed E-state index contributed by atoms with van der Waals surface area (Å²) in [5.41, 5.74) is 12.5. The van der Waals surface area contributed by atoms with Gasteiger partial charge in [0.2, 0.25) is 12.2 Å². The van der Waals surface area contributed by atoms with Crippen molar-refractivity contribution < 1.29 is 38.9 Å². The van der Waals surface area contributed by atoms with E-state index in [0.717, 1.165) is 19.4 Å². The molecule has 1 aliphatic carbocycles. The molecule has 0 amide bonds. The maximum atomic E-state index is 12.0. The Hall–Kier alpha value is -3.76. The number of nitrogens with two attached hydrogens (primary N) is 2. The predicted molar refractivity (Wildman–Crippen MR) is 139 cm³/mol. The van der Waals surface area contributed by atoms with Gasteiger partial charge in [-0.05, 0) is 60.9 Å². The lowest BCUT2D eigenvalue weighted by molar-refractivity contribution is -0.166. The zero-order chi connectivity index (χ0) is 28.5. The largest absolute Gasteiger partial charge is 0.478 e. The smallest absolute Gasteiger partial charge is 0.349 e. The van der Waals surface area contributed by atoms with Gasteiger partial charge in [-0.25, -0.2) is 19.2 Å². The minimum Gasteiger partial charge on any atom is -0.478 e. The topological polar surface area (TPSA) is 179 Å². The molecule has 38 heavy (non-hydrogen) atoms. The van der Waals surface area contributed by atoms with E-state index in [1.807, 2.05) is 0 Å². The lowest BCUT2D eigenvalue weighted by atomic mass is 9.63. The number of carboxylic acids is 2. The Bertz CT molecular complexity index is 1040. The Morgan fingerprint density at radius 2 is 1.21 bits per heavy atom. The first kappa shape index (κ1) is 30.5. The van der Waals surface area contributed by atoms with Crippen LogP contribution in [0.1, 0.15) is 60.7 Å². The summed E-state index contributed by atoms with van der Waals surface area (Å²) in [6.45, 7) is 7.61. The van der Waals surface area contributed by atoms with Crippen LogP contribution >= 0.6 is 0 Å². The average Bonchev–Trinajstić information content (AvgIpc) is 2.85. The van der Waals surface area contributed by atoms with Crippen LogP contribution in [0.3, 0.4) is 0 Å². The van der Waals surface area contributed by atoms with Crippen molar-refractivity contribution in [2.24, 2.45) is 22.3 Å². The fourth-order valence-electron chi connectivity index (χ4n) is 4.87. The summed E-state index contributed by atoms with van der Waals surface area (Å²) in [4.78, 5) is 46.8. The lowest BCUT2D eigenvalue weighted by Crippen LogP contribution is -2.45. The van der Waals surface area contributed by atoms with Gasteiger partial charge in [0, 0.05) is 6.04 Å². The number of ether oxygens (including phenoxy) is 2. The van der Waals surface area contributed by atoms with Gasteiger partial charge in [-0.2, -0.15) is 0 Å². The maximum Gasteiger partial charge on any atom is 0.349 e. The van der Waals surface area contributed by atoms with Crippen LogP contribution in [0.25, 0.3) is 0 Å². The molecule has 0 aliphatic heterocycles. The molecule has 3 rings (SSSR count). The molecule has 10 nitrogen and oxygen atoms in total. The monoisotopic (exact) mass is 528 g/mol. The lowest BCUT2D eigenvalue weighted by Gasteiger charge is -2.45. The van der Waals surface area contributed by atoms with Crippen molar-refractivity contribution in [2.75, 3.05) is 6.54 Å². The number of carbonyl (C=O) groups is 4. The highest BCUT2D eigenvalue weighted by molar-refractivity contribution is 5.95. The molecule has 2 aromatic carbocycles. The highest BCUT2D eigenvalue weighted by Gasteiger charge is 2.41. The Labute approximate surface area is 221 Å². The van der Waals surface area contributed by atoms with E-state index >= 15 is 0 Å². The van der Waals surface area contributed by atoms with E-state index < -0.39 is 36.1 Å². The van der Waals surface area contributed by atoms with Crippen LogP contribution in [-0.2, 0) is 19.1 Å². The summed E-state index contributed by atoms with van der Waals surface area (Å²) in [6, 6.07) is 15.2. The van der Waals surface area contributed by atoms with Crippen LogP contribution in [0.5, 0.6) is 0 Å². The molecule has 0 saturated heterocycles. The minimum absolute atomic E-state index is 0.0253. The Kier molecular flexibility index (Phi) is 10.5. The molecule has 0 bridgehead atoms. The first-order valence-corrected chi connectivity index (χ1v) is 12.2. The van der Waals surface area contributed by atoms with Crippen molar-refractivity contribution in [3.8, 4) is 0 Å². The fraction of sp³-hybridized carbons (Fsp3) is 0.429. The molecule has 0 radical (unpaired) electrons. The van der Waals surface area contributed by atoms with E-state index in [1.54, 1.807) is 12.1 Å². The van der Waals surface area contributed by atoms with Crippen molar-refractivity contribution >= 4 is 23.9 Å². The average molecular weight is 529 g/mol. The van der Waals surface area contributed by atoms with E-state index in [2.05, 4.69) is 20.8 Å². The highest BCUT2D eigenvalue weighted by Crippen LogP contribution is 2.44. The Morgan fingerprint density at radius 1 is 0.816 bits per heavy atom. The highest BCUT2D eigenvalue weighted by atomic mass is 16.6. The number of rotatable bonds is 8. The first-order valence-electron chi connectivity index (χ1n) is 12.2. The van der Waals surface area contributed by atoms with Gasteiger partial charge >= 0.3 is 23.9 Å². The number of hydrogen-bond acceptors (Lipinski definition) is 8. The molecular weight excluding hydrogens is 492 g/mol. The molecule has 0 spiro atoms. The van der Waals surface area contributed by atoms with Crippen LogP contribution in [0, 0.1) is 10.8 Å². The van der Waals surface area contributed by atoms with Gasteiger partial charge in [-0.1, -0.05) is 57.2 Å². The molecule has 1 fully saturated rings. The SMILES string of the molecule is CC1(C)CC(N)CC(C)(CN)C1.O=C(OC(C(=O)O)C(OC(=O)c1ccccc1)C(=O)O)c1ccccc1. The van der Waals surface area contributed by atoms with Crippen LogP contribution in [0.15, 0.2) is 60.7 Å². The maximum absolute atomic E-state index is 12.0. The quantitative estimate of drug-likeness (QED) is 0.372. The van der Waals surface area contributed by atoms with Crippen molar-refractivity contribution in [1.82, 2.24) is 0 Å². The zero-order valence-corrected chi connectivity index (χ0v) is 21.8. The number of aliphatic carboxylic acids is 2. The van der Waals surface area contributed by atoms with Crippen molar-refractivity contribution in [3.63, 3.8) is 0 Å². The van der Waals surface area contributed by atoms with Gasteiger partial charge in [-0.3, -0.25) is 0 Å². The van der Waals surface area contributed by atoms with E-state index in [0.29, 0.717) is 11.5 Å². The van der Waals surface area contributed by atoms with Crippen molar-refractivity contribution in [2.45, 2.75) is 58.3 Å². The third-order valence-electron chi connectivity index (χ3n) is 6.22. The van der Waals surface area contributed by atoms with E-state index in [9.17, 15) is 29.4 Å². The van der Waals surface area contributed by atoms with Gasteiger partial charge in [0.25, 0.3) is 0 Å². The second kappa shape index (κ2) is 13.2. The van der Waals surface area contributed by atoms with Crippen LogP contribution < -0.4 is 11.5 Å². The second-order valence-electron chi connectivity index (χ2n) is 10.6. The number of carboxylic acid groups (broad SMARTS) is 2.